The summed E-state index contributed by atoms with van der Waals surface area (Å²) in [5, 5.41) is 11.9. The zero-order valence-electron chi connectivity index (χ0n) is 33.0. The van der Waals surface area contributed by atoms with Gasteiger partial charge in [0.1, 0.15) is 28.4 Å². The molecule has 312 valence electrons. The number of hydrogen-bond donors (Lipinski definition) is 4. The number of amides is 7. The highest BCUT2D eigenvalue weighted by molar-refractivity contribution is 7.17. The number of benzene rings is 2. The number of hydrogen-bond acceptors (Lipinski definition) is 13. The number of piperidine rings is 1. The van der Waals surface area contributed by atoms with Crippen molar-refractivity contribution in [3.63, 3.8) is 0 Å². The fraction of sp³-hybridized carbons (Fsp3) is 0.366. The number of piperazine rings is 1. The SMILES string of the molecule is Cc1nc(Nc2ncc(C(=O)Nc3c(C)cccc3Cl)s2)cc(N2CCN(C(=O)CCCCCCC(=O)Nc3cccc4c3C(=O)N(C3CCC(=O)NC3=O)C4=O)CC2)n1. The summed E-state index contributed by atoms with van der Waals surface area (Å²) in [5.74, 6) is -1.24. The van der Waals surface area contributed by atoms with Gasteiger partial charge in [0.15, 0.2) is 5.13 Å². The van der Waals surface area contributed by atoms with Crippen molar-refractivity contribution in [2.24, 2.45) is 0 Å². The molecule has 3 aliphatic heterocycles. The molecule has 7 rings (SSSR count). The molecule has 0 bridgehead atoms. The first-order chi connectivity index (χ1) is 28.9. The van der Waals surface area contributed by atoms with Crippen LogP contribution in [0.2, 0.25) is 5.02 Å². The monoisotopic (exact) mass is 854 g/mol. The van der Waals surface area contributed by atoms with Gasteiger partial charge in [-0.2, -0.15) is 0 Å². The van der Waals surface area contributed by atoms with E-state index < -0.39 is 29.7 Å². The molecule has 19 heteroatoms. The molecule has 3 aliphatic rings. The fourth-order valence-electron chi connectivity index (χ4n) is 7.38. The van der Waals surface area contributed by atoms with Gasteiger partial charge in [-0.15, -0.1) is 0 Å². The van der Waals surface area contributed by atoms with Crippen LogP contribution in [0.3, 0.4) is 0 Å². The standard InChI is InChI=1S/C41H43ClN10O7S/c1-23-9-7-11-26(42)36(23)49-38(57)29-22-43-41(60-29)47-30-21-31(45-24(2)44-30)50-17-19-51(20-18-50)34(55)14-6-4-3-5-13-32(53)46-27-12-8-10-25-35(27)40(59)52(39(25)58)28-15-16-33(54)48-37(28)56/h7-12,21-22,28H,3-6,13-20H2,1-2H3,(H,46,53)(H,49,57)(H,48,54,56)(H,43,44,45,47). The number of anilines is 5. The summed E-state index contributed by atoms with van der Waals surface area (Å²) in [7, 11) is 0. The number of imide groups is 2. The van der Waals surface area contributed by atoms with Crippen LogP contribution >= 0.6 is 22.9 Å². The quantitative estimate of drug-likeness (QED) is 0.0948. The highest BCUT2D eigenvalue weighted by Gasteiger charge is 2.45. The minimum absolute atomic E-state index is 0.0131. The number of rotatable bonds is 14. The first-order valence-electron chi connectivity index (χ1n) is 19.7. The number of nitrogens with one attached hydrogen (secondary N) is 4. The van der Waals surface area contributed by atoms with Crippen molar-refractivity contribution < 1.29 is 33.6 Å². The van der Waals surface area contributed by atoms with Crippen molar-refractivity contribution in [3.8, 4) is 0 Å². The second kappa shape index (κ2) is 18.3. The summed E-state index contributed by atoms with van der Waals surface area (Å²) in [6.45, 7) is 5.95. The third-order valence-electron chi connectivity index (χ3n) is 10.5. The maximum absolute atomic E-state index is 13.3. The Morgan fingerprint density at radius 2 is 1.65 bits per heavy atom. The van der Waals surface area contributed by atoms with Gasteiger partial charge in [-0.05, 0) is 56.9 Å². The molecule has 1 unspecified atom stereocenters. The molecule has 2 fully saturated rings. The van der Waals surface area contributed by atoms with Gasteiger partial charge in [-0.25, -0.2) is 15.0 Å². The number of halogens is 1. The number of thiazole rings is 1. The molecule has 2 aromatic heterocycles. The average Bonchev–Trinajstić information content (AvgIpc) is 3.79. The van der Waals surface area contributed by atoms with E-state index in [1.165, 1.54) is 23.6 Å². The predicted molar refractivity (Wildman–Crippen MR) is 225 cm³/mol. The third-order valence-corrected chi connectivity index (χ3v) is 11.7. The maximum Gasteiger partial charge on any atom is 0.267 e. The normalized spacial score (nSPS) is 16.4. The molecule has 0 aliphatic carbocycles. The molecule has 17 nitrogen and oxygen atoms in total. The Bertz CT molecular complexity index is 2360. The second-order valence-electron chi connectivity index (χ2n) is 14.7. The Morgan fingerprint density at radius 1 is 0.900 bits per heavy atom. The predicted octanol–water partition coefficient (Wildman–Crippen LogP) is 5.23. The van der Waals surface area contributed by atoms with Gasteiger partial charge in [0.2, 0.25) is 23.6 Å². The van der Waals surface area contributed by atoms with Crippen molar-refractivity contribution in [3.05, 3.63) is 81.1 Å². The van der Waals surface area contributed by atoms with Crippen LogP contribution in [-0.4, -0.2) is 98.3 Å². The summed E-state index contributed by atoms with van der Waals surface area (Å²) in [6, 6.07) is 10.7. The maximum atomic E-state index is 13.3. The minimum atomic E-state index is -1.10. The number of carbonyl (C=O) groups excluding carboxylic acids is 7. The Morgan fingerprint density at radius 3 is 2.40 bits per heavy atom. The van der Waals surface area contributed by atoms with Crippen molar-refractivity contribution >= 4 is 92.4 Å². The number of para-hydroxylation sites is 1. The van der Waals surface area contributed by atoms with Crippen molar-refractivity contribution in [1.82, 2.24) is 30.1 Å². The zero-order chi connectivity index (χ0) is 42.5. The lowest BCUT2D eigenvalue weighted by Gasteiger charge is -2.35. The van der Waals surface area contributed by atoms with Crippen molar-refractivity contribution in [2.45, 2.75) is 71.3 Å². The minimum Gasteiger partial charge on any atom is -0.353 e. The topological polar surface area (TPSA) is 216 Å². The van der Waals surface area contributed by atoms with Gasteiger partial charge in [0, 0.05) is 51.5 Å². The molecule has 4 N–H and O–H groups in total. The Kier molecular flexibility index (Phi) is 12.8. The first kappa shape index (κ1) is 41.9. The molecule has 4 aromatic rings. The summed E-state index contributed by atoms with van der Waals surface area (Å²) in [5.41, 5.74) is 1.73. The number of aryl methyl sites for hydroxylation is 2. The lowest BCUT2D eigenvalue weighted by molar-refractivity contribution is -0.136. The summed E-state index contributed by atoms with van der Waals surface area (Å²) in [4.78, 5) is 108. The van der Waals surface area contributed by atoms with E-state index in [1.807, 2.05) is 30.0 Å². The molecule has 0 spiro atoms. The Hall–Kier alpha value is -6.27. The fourth-order valence-corrected chi connectivity index (χ4v) is 8.37. The molecule has 2 aromatic carbocycles. The number of unbranched alkanes of at least 4 members (excludes halogenated alkanes) is 3. The molecular weight excluding hydrogens is 812 g/mol. The second-order valence-corrected chi connectivity index (χ2v) is 16.1. The molecule has 2 saturated heterocycles. The summed E-state index contributed by atoms with van der Waals surface area (Å²) >= 11 is 7.46. The number of nitrogens with zero attached hydrogens (tertiary/aromatic N) is 6. The van der Waals surface area contributed by atoms with Crippen molar-refractivity contribution in [2.75, 3.05) is 47.0 Å². The Labute approximate surface area is 354 Å². The van der Waals surface area contributed by atoms with Crippen LogP contribution in [0.1, 0.15) is 93.1 Å². The highest BCUT2D eigenvalue weighted by Crippen LogP contribution is 2.33. The van der Waals surface area contributed by atoms with Crippen LogP contribution in [0.5, 0.6) is 0 Å². The molecular formula is C41H43ClN10O7S. The van der Waals surface area contributed by atoms with Crippen molar-refractivity contribution in [1.29, 1.82) is 0 Å². The van der Waals surface area contributed by atoms with E-state index >= 15 is 0 Å². The van der Waals surface area contributed by atoms with Gasteiger partial charge < -0.3 is 25.8 Å². The van der Waals surface area contributed by atoms with Gasteiger partial charge in [-0.1, -0.05) is 54.0 Å². The lowest BCUT2D eigenvalue weighted by atomic mass is 10.0. The summed E-state index contributed by atoms with van der Waals surface area (Å²) in [6.07, 6.45) is 4.87. The van der Waals surface area contributed by atoms with Gasteiger partial charge in [0.05, 0.1) is 33.7 Å². The van der Waals surface area contributed by atoms with E-state index in [9.17, 15) is 33.6 Å². The van der Waals surface area contributed by atoms with Gasteiger partial charge in [-0.3, -0.25) is 43.8 Å². The Balaban J connectivity index is 0.816. The smallest absolute Gasteiger partial charge is 0.267 e. The molecule has 0 saturated carbocycles. The first-order valence-corrected chi connectivity index (χ1v) is 20.9. The van der Waals surface area contributed by atoms with E-state index in [4.69, 9.17) is 11.6 Å². The molecule has 60 heavy (non-hydrogen) atoms. The largest absolute Gasteiger partial charge is 0.353 e. The third kappa shape index (κ3) is 9.44. The average molecular weight is 855 g/mol. The van der Waals surface area contributed by atoms with Gasteiger partial charge in [0.25, 0.3) is 17.7 Å². The number of carbonyl (C=O) groups is 7. The van der Waals surface area contributed by atoms with Crippen LogP contribution in [0, 0.1) is 13.8 Å². The van der Waals surface area contributed by atoms with E-state index in [0.717, 1.165) is 29.1 Å². The van der Waals surface area contributed by atoms with Crippen LogP contribution in [0.4, 0.5) is 28.1 Å². The van der Waals surface area contributed by atoms with E-state index in [2.05, 4.69) is 41.1 Å². The van der Waals surface area contributed by atoms with Crippen LogP contribution < -0.4 is 26.2 Å². The molecule has 0 radical (unpaired) electrons. The van der Waals surface area contributed by atoms with Crippen LogP contribution in [-0.2, 0) is 19.2 Å². The number of fused-ring (bicyclic) bond motifs is 1. The number of aromatic nitrogens is 3. The van der Waals surface area contributed by atoms with E-state index in [0.29, 0.717) is 77.8 Å². The molecule has 5 heterocycles. The van der Waals surface area contributed by atoms with E-state index in [1.54, 1.807) is 25.1 Å². The lowest BCUT2D eigenvalue weighted by Crippen LogP contribution is -2.54. The molecule has 7 amide bonds. The van der Waals surface area contributed by atoms with Crippen LogP contribution in [0.25, 0.3) is 0 Å². The van der Waals surface area contributed by atoms with E-state index in [-0.39, 0.29) is 53.8 Å². The van der Waals surface area contributed by atoms with Gasteiger partial charge >= 0.3 is 0 Å². The highest BCUT2D eigenvalue weighted by atomic mass is 35.5. The summed E-state index contributed by atoms with van der Waals surface area (Å²) < 4.78 is 0. The molecule has 1 atom stereocenters. The van der Waals surface area contributed by atoms with Crippen LogP contribution in [0.15, 0.2) is 48.7 Å². The zero-order valence-corrected chi connectivity index (χ0v) is 34.6.